The van der Waals surface area contributed by atoms with Gasteiger partial charge in [-0.1, -0.05) is 11.6 Å². The first-order valence-electron chi connectivity index (χ1n) is 6.65. The molecule has 1 aromatic rings. The third kappa shape index (κ3) is 3.92. The van der Waals surface area contributed by atoms with Gasteiger partial charge in [0.25, 0.3) is 0 Å². The predicted molar refractivity (Wildman–Crippen MR) is 78.1 cm³/mol. The van der Waals surface area contributed by atoms with Gasteiger partial charge in [-0.05, 0) is 37.5 Å². The molecule has 1 aliphatic heterocycles. The highest BCUT2D eigenvalue weighted by Gasteiger charge is 2.26. The Hall–Kier alpha value is -0.730. The van der Waals surface area contributed by atoms with E-state index in [1.165, 1.54) is 6.07 Å². The standard InChI is InChI=1S/C13H18ClFN2O3S/c1-8-4-10(2-3-20-8)17-21(18,19)11-5-9(7-16)13(14)12(15)6-11/h5-6,8,10,17H,2-4,7,16H2,1H3. The monoisotopic (exact) mass is 336 g/mol. The SMILES string of the molecule is CC1CC(NS(=O)(=O)c2cc(F)c(Cl)c(CN)c2)CCO1. The van der Waals surface area contributed by atoms with Crippen LogP contribution in [0.3, 0.4) is 0 Å². The van der Waals surface area contributed by atoms with Gasteiger partial charge in [0.2, 0.25) is 10.0 Å². The van der Waals surface area contributed by atoms with Gasteiger partial charge in [0.15, 0.2) is 0 Å². The fraction of sp³-hybridized carbons (Fsp3) is 0.538. The summed E-state index contributed by atoms with van der Waals surface area (Å²) < 4.78 is 46.3. The van der Waals surface area contributed by atoms with Gasteiger partial charge in [0.05, 0.1) is 16.0 Å². The predicted octanol–water partition coefficient (Wildman–Crippen LogP) is 1.78. The lowest BCUT2D eigenvalue weighted by Crippen LogP contribution is -2.41. The Morgan fingerprint density at radius 2 is 2.24 bits per heavy atom. The molecule has 118 valence electrons. The second-order valence-corrected chi connectivity index (χ2v) is 7.20. The van der Waals surface area contributed by atoms with Crippen LogP contribution < -0.4 is 10.5 Å². The summed E-state index contributed by atoms with van der Waals surface area (Å²) in [5.74, 6) is -0.791. The van der Waals surface area contributed by atoms with Gasteiger partial charge in [-0.3, -0.25) is 0 Å². The number of hydrogen-bond donors (Lipinski definition) is 2. The van der Waals surface area contributed by atoms with Gasteiger partial charge in [0.1, 0.15) is 5.82 Å². The van der Waals surface area contributed by atoms with Crippen molar-refractivity contribution in [3.8, 4) is 0 Å². The molecule has 8 heteroatoms. The smallest absolute Gasteiger partial charge is 0.240 e. The summed E-state index contributed by atoms with van der Waals surface area (Å²) in [4.78, 5) is -0.163. The summed E-state index contributed by atoms with van der Waals surface area (Å²) in [5.41, 5.74) is 5.71. The van der Waals surface area contributed by atoms with Crippen LogP contribution in [-0.4, -0.2) is 27.2 Å². The number of hydrogen-bond acceptors (Lipinski definition) is 4. The van der Waals surface area contributed by atoms with Crippen LogP contribution in [-0.2, 0) is 21.3 Å². The van der Waals surface area contributed by atoms with Crippen LogP contribution >= 0.6 is 11.6 Å². The van der Waals surface area contributed by atoms with E-state index in [1.54, 1.807) is 0 Å². The van der Waals surface area contributed by atoms with E-state index in [0.717, 1.165) is 6.07 Å². The average Bonchev–Trinajstić information content (AvgIpc) is 2.41. The van der Waals surface area contributed by atoms with Gasteiger partial charge in [-0.25, -0.2) is 17.5 Å². The zero-order valence-electron chi connectivity index (χ0n) is 11.6. The number of rotatable bonds is 4. The Morgan fingerprint density at radius 3 is 2.86 bits per heavy atom. The molecule has 0 spiro atoms. The van der Waals surface area contributed by atoms with Crippen LogP contribution in [0.4, 0.5) is 4.39 Å². The van der Waals surface area contributed by atoms with E-state index in [0.29, 0.717) is 19.4 Å². The molecular formula is C13H18ClFN2O3S. The Kier molecular flexibility index (Phi) is 5.21. The molecule has 0 aromatic heterocycles. The number of nitrogens with two attached hydrogens (primary N) is 1. The molecule has 0 amide bonds. The topological polar surface area (TPSA) is 81.4 Å². The minimum absolute atomic E-state index is 0.00648. The highest BCUT2D eigenvalue weighted by atomic mass is 35.5. The van der Waals surface area contributed by atoms with Gasteiger partial charge in [-0.2, -0.15) is 0 Å². The van der Waals surface area contributed by atoms with Crippen molar-refractivity contribution in [1.82, 2.24) is 4.72 Å². The molecule has 1 saturated heterocycles. The van der Waals surface area contributed by atoms with E-state index in [1.807, 2.05) is 6.92 Å². The summed E-state index contributed by atoms with van der Waals surface area (Å²) >= 11 is 5.74. The minimum Gasteiger partial charge on any atom is -0.378 e. The Balaban J connectivity index is 2.25. The molecule has 1 heterocycles. The molecule has 2 unspecified atom stereocenters. The largest absolute Gasteiger partial charge is 0.378 e. The minimum atomic E-state index is -3.81. The molecule has 5 nitrogen and oxygen atoms in total. The van der Waals surface area contributed by atoms with Gasteiger partial charge in [0, 0.05) is 19.2 Å². The zero-order chi connectivity index (χ0) is 15.6. The van der Waals surface area contributed by atoms with Gasteiger partial charge in [-0.15, -0.1) is 0 Å². The van der Waals surface area contributed by atoms with Gasteiger partial charge >= 0.3 is 0 Å². The molecule has 0 bridgehead atoms. The van der Waals surface area contributed by atoms with Crippen LogP contribution in [0.5, 0.6) is 0 Å². The quantitative estimate of drug-likeness (QED) is 0.878. The van der Waals surface area contributed by atoms with Crippen LogP contribution in [0, 0.1) is 5.82 Å². The van der Waals surface area contributed by atoms with E-state index >= 15 is 0 Å². The van der Waals surface area contributed by atoms with E-state index in [2.05, 4.69) is 4.72 Å². The third-order valence-corrected chi connectivity index (χ3v) is 5.34. The van der Waals surface area contributed by atoms with Crippen molar-refractivity contribution in [2.24, 2.45) is 5.73 Å². The van der Waals surface area contributed by atoms with E-state index < -0.39 is 15.8 Å². The number of benzene rings is 1. The van der Waals surface area contributed by atoms with Gasteiger partial charge < -0.3 is 10.5 Å². The van der Waals surface area contributed by atoms with E-state index in [-0.39, 0.29) is 34.2 Å². The fourth-order valence-corrected chi connectivity index (χ4v) is 3.85. The van der Waals surface area contributed by atoms with Crippen molar-refractivity contribution in [1.29, 1.82) is 0 Å². The lowest BCUT2D eigenvalue weighted by molar-refractivity contribution is 0.0173. The second-order valence-electron chi connectivity index (χ2n) is 5.11. The second kappa shape index (κ2) is 6.58. The molecule has 2 rings (SSSR count). The first-order valence-corrected chi connectivity index (χ1v) is 8.51. The van der Waals surface area contributed by atoms with Crippen molar-refractivity contribution < 1.29 is 17.5 Å². The molecular weight excluding hydrogens is 319 g/mol. The fourth-order valence-electron chi connectivity index (χ4n) is 2.31. The van der Waals surface area contributed by atoms with Crippen molar-refractivity contribution >= 4 is 21.6 Å². The highest BCUT2D eigenvalue weighted by Crippen LogP contribution is 2.25. The van der Waals surface area contributed by atoms with Crippen LogP contribution in [0.25, 0.3) is 0 Å². The first-order chi connectivity index (χ1) is 9.83. The number of sulfonamides is 1. The number of halogens is 2. The lowest BCUT2D eigenvalue weighted by atomic mass is 10.1. The average molecular weight is 337 g/mol. The van der Waals surface area contributed by atoms with Crippen molar-refractivity contribution in [2.75, 3.05) is 6.61 Å². The lowest BCUT2D eigenvalue weighted by Gasteiger charge is -2.27. The highest BCUT2D eigenvalue weighted by molar-refractivity contribution is 7.89. The molecule has 21 heavy (non-hydrogen) atoms. The van der Waals surface area contributed by atoms with E-state index in [4.69, 9.17) is 22.1 Å². The number of ether oxygens (including phenoxy) is 1. The van der Waals surface area contributed by atoms with Crippen LogP contribution in [0.1, 0.15) is 25.3 Å². The summed E-state index contributed by atoms with van der Waals surface area (Å²) in [5, 5.41) is -0.142. The molecule has 1 aliphatic rings. The van der Waals surface area contributed by atoms with Crippen LogP contribution in [0.15, 0.2) is 17.0 Å². The maximum Gasteiger partial charge on any atom is 0.240 e. The summed E-state index contributed by atoms with van der Waals surface area (Å²) in [7, 11) is -3.81. The number of nitrogens with one attached hydrogen (secondary N) is 1. The third-order valence-electron chi connectivity index (χ3n) is 3.41. The van der Waals surface area contributed by atoms with Crippen LogP contribution in [0.2, 0.25) is 5.02 Å². The maximum atomic E-state index is 13.7. The van der Waals surface area contributed by atoms with Crippen molar-refractivity contribution in [3.63, 3.8) is 0 Å². The van der Waals surface area contributed by atoms with E-state index in [9.17, 15) is 12.8 Å². The summed E-state index contributed by atoms with van der Waals surface area (Å²) in [6.07, 6.45) is 1.16. The molecule has 3 N–H and O–H groups in total. The summed E-state index contributed by atoms with van der Waals surface area (Å²) in [6.45, 7) is 2.35. The normalized spacial score (nSPS) is 23.2. The maximum absolute atomic E-state index is 13.7. The molecule has 1 aromatic carbocycles. The Bertz CT molecular complexity index is 624. The molecule has 1 fully saturated rings. The first kappa shape index (κ1) is 16.6. The molecule has 0 radical (unpaired) electrons. The zero-order valence-corrected chi connectivity index (χ0v) is 13.2. The summed E-state index contributed by atoms with van der Waals surface area (Å²) in [6, 6.07) is 1.99. The molecule has 0 aliphatic carbocycles. The molecule has 2 atom stereocenters. The van der Waals surface area contributed by atoms with Crippen molar-refractivity contribution in [2.45, 2.75) is 43.4 Å². The van der Waals surface area contributed by atoms with Crippen molar-refractivity contribution in [3.05, 3.63) is 28.5 Å². The molecule has 0 saturated carbocycles. The Labute approximate surface area is 128 Å². The Morgan fingerprint density at radius 1 is 1.52 bits per heavy atom.